The Hall–Kier alpha value is -3.60. The van der Waals surface area contributed by atoms with E-state index in [-0.39, 0.29) is 31.1 Å². The third-order valence-corrected chi connectivity index (χ3v) is 8.63. The quantitative estimate of drug-likeness (QED) is 0.181. The van der Waals surface area contributed by atoms with Gasteiger partial charge in [-0.2, -0.15) is 0 Å². The highest BCUT2D eigenvalue weighted by Gasteiger charge is 2.33. The molecule has 2 aliphatic rings. The van der Waals surface area contributed by atoms with Crippen LogP contribution in [0.5, 0.6) is 0 Å². The fourth-order valence-electron chi connectivity index (χ4n) is 6.03. The summed E-state index contributed by atoms with van der Waals surface area (Å²) >= 11 is 0. The Balaban J connectivity index is 1.23. The summed E-state index contributed by atoms with van der Waals surface area (Å²) in [6, 6.07) is 24.4. The van der Waals surface area contributed by atoms with Gasteiger partial charge in [0.1, 0.15) is 0 Å². The number of unbranched alkanes of at least 4 members (excludes halogenated alkanes) is 3. The number of carboxylic acid groups (broad SMARTS) is 1. The van der Waals surface area contributed by atoms with Crippen molar-refractivity contribution in [1.29, 1.82) is 0 Å². The van der Waals surface area contributed by atoms with Crippen molar-refractivity contribution in [3.8, 4) is 11.1 Å². The standard InChI is InChI=1S/C37H46N2O7/c40-26-27-13-15-29(16-14-27)34-23-33(25-39-17-19-44-20-18-39)45-37(46-34)32-10-6-9-31(22-32)30-8-5-7-28(21-30)24-38-35(41)11-3-1-2-4-12-36(42)43/h5-10,13-16,21-22,33-34,37,40H,1-4,11-12,17-20,23-26H2,(H,38,41)(H,42,43)/t33-,34+,37+/m0/s1. The first-order valence-corrected chi connectivity index (χ1v) is 16.5. The molecular weight excluding hydrogens is 584 g/mol. The molecule has 0 bridgehead atoms. The summed E-state index contributed by atoms with van der Waals surface area (Å²) in [6.07, 6.45) is 3.76. The Bertz CT molecular complexity index is 1410. The van der Waals surface area contributed by atoms with E-state index in [0.717, 1.165) is 91.9 Å². The summed E-state index contributed by atoms with van der Waals surface area (Å²) in [5, 5.41) is 21.3. The molecule has 3 aromatic carbocycles. The van der Waals surface area contributed by atoms with Gasteiger partial charge in [-0.05, 0) is 52.8 Å². The van der Waals surface area contributed by atoms with Crippen LogP contribution < -0.4 is 5.32 Å². The van der Waals surface area contributed by atoms with Crippen LogP contribution in [0.3, 0.4) is 0 Å². The van der Waals surface area contributed by atoms with E-state index in [4.69, 9.17) is 19.3 Å². The summed E-state index contributed by atoms with van der Waals surface area (Å²) < 4.78 is 18.7. The highest BCUT2D eigenvalue weighted by molar-refractivity contribution is 5.76. The summed E-state index contributed by atoms with van der Waals surface area (Å²) in [5.74, 6) is -0.768. The molecule has 0 saturated carbocycles. The van der Waals surface area contributed by atoms with Gasteiger partial charge in [-0.3, -0.25) is 14.5 Å². The number of morpholine rings is 1. The third-order valence-electron chi connectivity index (χ3n) is 8.63. The van der Waals surface area contributed by atoms with Gasteiger partial charge in [-0.15, -0.1) is 0 Å². The average molecular weight is 631 g/mol. The number of benzene rings is 3. The zero-order chi connectivity index (χ0) is 32.1. The average Bonchev–Trinajstić information content (AvgIpc) is 3.09. The van der Waals surface area contributed by atoms with E-state index in [1.54, 1.807) is 0 Å². The van der Waals surface area contributed by atoms with Crippen LogP contribution in [0.15, 0.2) is 72.8 Å². The molecule has 0 unspecified atom stereocenters. The normalized spacial score (nSPS) is 20.3. The molecule has 246 valence electrons. The Kier molecular flexibility index (Phi) is 12.7. The second-order valence-corrected chi connectivity index (χ2v) is 12.2. The lowest BCUT2D eigenvalue weighted by atomic mass is 9.98. The molecule has 2 aliphatic heterocycles. The van der Waals surface area contributed by atoms with Crippen molar-refractivity contribution < 1.29 is 34.0 Å². The maximum Gasteiger partial charge on any atom is 0.303 e. The number of carbonyl (C=O) groups excluding carboxylic acids is 1. The molecule has 9 nitrogen and oxygen atoms in total. The first-order chi connectivity index (χ1) is 22.5. The molecule has 3 N–H and O–H groups in total. The monoisotopic (exact) mass is 630 g/mol. The number of carbonyl (C=O) groups is 2. The minimum absolute atomic E-state index is 0.00409. The van der Waals surface area contributed by atoms with Crippen molar-refractivity contribution in [3.63, 3.8) is 0 Å². The Morgan fingerprint density at radius 1 is 0.804 bits per heavy atom. The lowest BCUT2D eigenvalue weighted by molar-refractivity contribution is -0.253. The van der Waals surface area contributed by atoms with Gasteiger partial charge in [-0.25, -0.2) is 0 Å². The molecule has 0 spiro atoms. The lowest BCUT2D eigenvalue weighted by Crippen LogP contribution is -2.44. The van der Waals surface area contributed by atoms with Crippen LogP contribution in [0.1, 0.15) is 79.6 Å². The van der Waals surface area contributed by atoms with Crippen LogP contribution in [-0.2, 0) is 37.0 Å². The number of hydrogen-bond donors (Lipinski definition) is 3. The number of nitrogens with one attached hydrogen (secondary N) is 1. The highest BCUT2D eigenvalue weighted by atomic mass is 16.7. The summed E-state index contributed by atoms with van der Waals surface area (Å²) in [7, 11) is 0. The maximum absolute atomic E-state index is 12.4. The number of amides is 1. The molecule has 5 rings (SSSR count). The predicted molar refractivity (Wildman–Crippen MR) is 175 cm³/mol. The third kappa shape index (κ3) is 10.2. The van der Waals surface area contributed by atoms with Gasteiger partial charge in [0.05, 0.1) is 32.0 Å². The molecule has 3 atom stereocenters. The summed E-state index contributed by atoms with van der Waals surface area (Å²) in [4.78, 5) is 25.4. The van der Waals surface area contributed by atoms with E-state index in [0.29, 0.717) is 19.4 Å². The fraction of sp³-hybridized carbons (Fsp3) is 0.459. The number of aliphatic hydroxyl groups excluding tert-OH is 1. The van der Waals surface area contributed by atoms with Crippen molar-refractivity contribution in [2.75, 3.05) is 32.8 Å². The van der Waals surface area contributed by atoms with E-state index in [1.165, 1.54) is 0 Å². The predicted octanol–water partition coefficient (Wildman–Crippen LogP) is 5.76. The number of ether oxygens (including phenoxy) is 3. The Morgan fingerprint density at radius 3 is 2.26 bits per heavy atom. The topological polar surface area (TPSA) is 118 Å². The molecule has 2 saturated heterocycles. The Morgan fingerprint density at radius 2 is 1.52 bits per heavy atom. The summed E-state index contributed by atoms with van der Waals surface area (Å²) in [6.45, 7) is 4.52. The van der Waals surface area contributed by atoms with Crippen LogP contribution in [0.2, 0.25) is 0 Å². The second kappa shape index (κ2) is 17.4. The van der Waals surface area contributed by atoms with Gasteiger partial charge in [0.25, 0.3) is 0 Å². The van der Waals surface area contributed by atoms with Gasteiger partial charge >= 0.3 is 5.97 Å². The van der Waals surface area contributed by atoms with Gasteiger partial charge in [-0.1, -0.05) is 73.5 Å². The number of nitrogens with zero attached hydrogens (tertiary/aromatic N) is 1. The highest BCUT2D eigenvalue weighted by Crippen LogP contribution is 2.39. The molecule has 0 aliphatic carbocycles. The first kappa shape index (κ1) is 33.8. The SMILES string of the molecule is O=C(O)CCCCCCC(=O)NCc1cccc(-c2cccc([C@@H]3O[C@H](CN4CCOCC4)C[C@H](c4ccc(CO)cc4)O3)c2)c1. The van der Waals surface area contributed by atoms with Crippen LogP contribution in [0.4, 0.5) is 0 Å². The van der Waals surface area contributed by atoms with Crippen molar-refractivity contribution in [2.24, 2.45) is 0 Å². The van der Waals surface area contributed by atoms with E-state index in [2.05, 4.69) is 34.5 Å². The molecule has 46 heavy (non-hydrogen) atoms. The van der Waals surface area contributed by atoms with Crippen molar-refractivity contribution in [2.45, 2.75) is 76.6 Å². The first-order valence-electron chi connectivity index (χ1n) is 16.5. The van der Waals surface area contributed by atoms with E-state index < -0.39 is 12.3 Å². The van der Waals surface area contributed by atoms with Gasteiger partial charge in [0.2, 0.25) is 5.91 Å². The molecule has 0 aromatic heterocycles. The fourth-order valence-corrected chi connectivity index (χ4v) is 6.03. The minimum Gasteiger partial charge on any atom is -0.481 e. The Labute approximate surface area is 271 Å². The zero-order valence-corrected chi connectivity index (χ0v) is 26.4. The van der Waals surface area contributed by atoms with E-state index >= 15 is 0 Å². The molecule has 3 aromatic rings. The molecule has 1 amide bonds. The number of rotatable bonds is 15. The number of aliphatic carboxylic acids is 1. The minimum atomic E-state index is -0.773. The van der Waals surface area contributed by atoms with Crippen molar-refractivity contribution in [3.05, 3.63) is 95.1 Å². The van der Waals surface area contributed by atoms with Gasteiger partial charge in [0, 0.05) is 51.0 Å². The molecular formula is C37H46N2O7. The second-order valence-electron chi connectivity index (χ2n) is 12.2. The maximum atomic E-state index is 12.4. The number of hydrogen-bond acceptors (Lipinski definition) is 7. The van der Waals surface area contributed by atoms with Gasteiger partial charge in [0.15, 0.2) is 6.29 Å². The van der Waals surface area contributed by atoms with Crippen molar-refractivity contribution in [1.82, 2.24) is 10.2 Å². The zero-order valence-electron chi connectivity index (χ0n) is 26.4. The number of aliphatic hydroxyl groups is 1. The lowest BCUT2D eigenvalue weighted by Gasteiger charge is -2.39. The molecule has 2 heterocycles. The van der Waals surface area contributed by atoms with E-state index in [9.17, 15) is 14.7 Å². The van der Waals surface area contributed by atoms with Gasteiger partial charge < -0.3 is 29.7 Å². The molecule has 0 radical (unpaired) electrons. The van der Waals surface area contributed by atoms with Crippen LogP contribution in [-0.4, -0.2) is 65.9 Å². The largest absolute Gasteiger partial charge is 0.481 e. The number of carboxylic acids is 1. The summed E-state index contributed by atoms with van der Waals surface area (Å²) in [5.41, 5.74) is 5.99. The smallest absolute Gasteiger partial charge is 0.303 e. The van der Waals surface area contributed by atoms with E-state index in [1.807, 2.05) is 48.5 Å². The van der Waals surface area contributed by atoms with Crippen LogP contribution in [0.25, 0.3) is 11.1 Å². The van der Waals surface area contributed by atoms with Crippen molar-refractivity contribution >= 4 is 11.9 Å². The molecule has 9 heteroatoms. The van der Waals surface area contributed by atoms with Crippen LogP contribution >= 0.6 is 0 Å². The van der Waals surface area contributed by atoms with Crippen LogP contribution in [0, 0.1) is 0 Å². The molecule has 2 fully saturated rings.